The predicted octanol–water partition coefficient (Wildman–Crippen LogP) is 5.49. The van der Waals surface area contributed by atoms with Gasteiger partial charge in [-0.15, -0.1) is 0 Å². The second kappa shape index (κ2) is 9.94. The van der Waals surface area contributed by atoms with Gasteiger partial charge in [0.2, 0.25) is 0 Å². The van der Waals surface area contributed by atoms with Crippen LogP contribution in [-0.4, -0.2) is 35.4 Å². The van der Waals surface area contributed by atoms with E-state index >= 15 is 0 Å². The summed E-state index contributed by atoms with van der Waals surface area (Å²) in [5, 5.41) is 4.65. The Bertz CT molecular complexity index is 1120. The molecule has 2 N–H and O–H groups in total. The fraction of sp³-hybridized carbons (Fsp3) is 0.304. The minimum atomic E-state index is -0.109. The highest BCUT2D eigenvalue weighted by molar-refractivity contribution is 14.1. The van der Waals surface area contributed by atoms with Crippen molar-refractivity contribution in [3.63, 3.8) is 0 Å². The number of methoxy groups -OCH3 is 1. The van der Waals surface area contributed by atoms with Crippen LogP contribution in [0.25, 0.3) is 0 Å². The van der Waals surface area contributed by atoms with E-state index < -0.39 is 0 Å². The van der Waals surface area contributed by atoms with Gasteiger partial charge in [0.25, 0.3) is 0 Å². The van der Waals surface area contributed by atoms with Gasteiger partial charge in [-0.2, -0.15) is 0 Å². The first-order valence-electron chi connectivity index (χ1n) is 10.2. The maximum atomic E-state index is 6.57. The Balaban J connectivity index is 1.77. The van der Waals surface area contributed by atoms with Gasteiger partial charge in [-0.05, 0) is 79.0 Å². The van der Waals surface area contributed by atoms with E-state index in [1.54, 1.807) is 7.11 Å². The van der Waals surface area contributed by atoms with Gasteiger partial charge in [-0.25, -0.2) is 0 Å². The van der Waals surface area contributed by atoms with Crippen LogP contribution in [0.2, 0.25) is 5.02 Å². The van der Waals surface area contributed by atoms with E-state index in [0.717, 1.165) is 22.8 Å². The van der Waals surface area contributed by atoms with Gasteiger partial charge in [-0.3, -0.25) is 4.98 Å². The van der Waals surface area contributed by atoms with E-state index in [1.807, 2.05) is 42.6 Å². The number of aromatic nitrogens is 2. The number of aromatic amines is 1. The van der Waals surface area contributed by atoms with Gasteiger partial charge in [0.1, 0.15) is 12.4 Å². The SMILES string of the molecule is COCCOc1ccc(N2C(=S)NC(c3ccccn3)C2c2c(C)[nH]c(C)c2I)cc1Cl. The third kappa shape index (κ3) is 4.46. The summed E-state index contributed by atoms with van der Waals surface area (Å²) in [6, 6.07) is 11.5. The molecule has 6 nitrogen and oxygen atoms in total. The van der Waals surface area contributed by atoms with Gasteiger partial charge >= 0.3 is 0 Å². The number of nitrogens with one attached hydrogen (secondary N) is 2. The number of benzene rings is 1. The number of nitrogens with zero attached hydrogens (tertiary/aromatic N) is 2. The van der Waals surface area contributed by atoms with E-state index in [1.165, 1.54) is 9.13 Å². The Hall–Kier alpha value is -1.88. The number of hydrogen-bond donors (Lipinski definition) is 2. The zero-order valence-electron chi connectivity index (χ0n) is 18.0. The number of rotatable bonds is 7. The van der Waals surface area contributed by atoms with Crippen molar-refractivity contribution >= 4 is 57.2 Å². The number of ether oxygens (including phenoxy) is 2. The molecule has 3 aromatic rings. The second-order valence-corrected chi connectivity index (χ2v) is 9.43. The molecule has 1 aliphatic rings. The molecular weight excluding hydrogens is 559 g/mol. The summed E-state index contributed by atoms with van der Waals surface area (Å²) < 4.78 is 12.0. The van der Waals surface area contributed by atoms with Gasteiger partial charge < -0.3 is 24.7 Å². The number of hydrogen-bond acceptors (Lipinski definition) is 4. The van der Waals surface area contributed by atoms with Gasteiger partial charge in [-0.1, -0.05) is 17.7 Å². The average molecular weight is 583 g/mol. The smallest absolute Gasteiger partial charge is 0.174 e. The highest BCUT2D eigenvalue weighted by atomic mass is 127. The second-order valence-electron chi connectivity index (χ2n) is 7.56. The molecule has 2 atom stereocenters. The summed E-state index contributed by atoms with van der Waals surface area (Å²) in [5.74, 6) is 0.617. The standard InChI is InChI=1S/C23H24ClIN4O2S/c1-13-19(20(25)14(2)27-13)22-21(17-6-4-5-9-26-17)28-23(32)29(22)15-7-8-18(16(24)12-15)31-11-10-30-3/h4-9,12,21-22,27H,10-11H2,1-3H3,(H,28,32). The van der Waals surface area contributed by atoms with Crippen molar-refractivity contribution in [1.29, 1.82) is 0 Å². The average Bonchev–Trinajstić information content (AvgIpc) is 3.24. The molecule has 2 aromatic heterocycles. The number of H-pyrrole nitrogens is 1. The van der Waals surface area contributed by atoms with Crippen LogP contribution in [0.1, 0.15) is 34.7 Å². The van der Waals surface area contributed by atoms with Gasteiger partial charge in [0.15, 0.2) is 5.11 Å². The van der Waals surface area contributed by atoms with Crippen LogP contribution in [0.3, 0.4) is 0 Å². The quantitative estimate of drug-likeness (QED) is 0.218. The number of anilines is 1. The molecule has 0 saturated carbocycles. The fourth-order valence-corrected chi connectivity index (χ4v) is 5.47. The van der Waals surface area contributed by atoms with Crippen LogP contribution in [0.4, 0.5) is 5.69 Å². The lowest BCUT2D eigenvalue weighted by Gasteiger charge is -2.29. The summed E-state index contributed by atoms with van der Waals surface area (Å²) in [7, 11) is 1.64. The lowest BCUT2D eigenvalue weighted by atomic mass is 9.96. The summed E-state index contributed by atoms with van der Waals surface area (Å²) in [6.45, 7) is 5.11. The van der Waals surface area contributed by atoms with Crippen LogP contribution in [0.5, 0.6) is 5.75 Å². The third-order valence-corrected chi connectivity index (χ3v) is 7.48. The maximum Gasteiger partial charge on any atom is 0.174 e. The normalized spacial score (nSPS) is 18.2. The molecule has 9 heteroatoms. The molecule has 0 aliphatic carbocycles. The monoisotopic (exact) mass is 582 g/mol. The molecule has 1 aromatic carbocycles. The van der Waals surface area contributed by atoms with Crippen molar-refractivity contribution in [3.8, 4) is 5.75 Å². The molecule has 0 radical (unpaired) electrons. The molecule has 0 spiro atoms. The first-order valence-corrected chi connectivity index (χ1v) is 12.1. The Labute approximate surface area is 211 Å². The Morgan fingerprint density at radius 3 is 2.62 bits per heavy atom. The van der Waals surface area contributed by atoms with Crippen LogP contribution >= 0.6 is 46.4 Å². The zero-order valence-corrected chi connectivity index (χ0v) is 21.7. The topological polar surface area (TPSA) is 62.4 Å². The summed E-state index contributed by atoms with van der Waals surface area (Å²) >= 11 is 14.8. The van der Waals surface area contributed by atoms with Crippen LogP contribution in [0, 0.1) is 17.4 Å². The molecule has 4 rings (SSSR count). The minimum Gasteiger partial charge on any atom is -0.490 e. The number of aryl methyl sites for hydroxylation is 2. The largest absolute Gasteiger partial charge is 0.490 e. The van der Waals surface area contributed by atoms with Crippen LogP contribution in [0.15, 0.2) is 42.6 Å². The molecule has 2 unspecified atom stereocenters. The Kier molecular flexibility index (Phi) is 7.24. The molecule has 3 heterocycles. The number of pyridine rings is 1. The van der Waals surface area contributed by atoms with Crippen molar-refractivity contribution in [2.75, 3.05) is 25.2 Å². The van der Waals surface area contributed by atoms with E-state index in [0.29, 0.717) is 29.1 Å². The van der Waals surface area contributed by atoms with E-state index in [-0.39, 0.29) is 12.1 Å². The number of halogens is 2. The fourth-order valence-electron chi connectivity index (χ4n) is 4.04. The van der Waals surface area contributed by atoms with Crippen molar-refractivity contribution < 1.29 is 9.47 Å². The van der Waals surface area contributed by atoms with Crippen molar-refractivity contribution in [1.82, 2.24) is 15.3 Å². The zero-order chi connectivity index (χ0) is 22.8. The Morgan fingerprint density at radius 1 is 1.19 bits per heavy atom. The molecule has 168 valence electrons. The molecule has 1 fully saturated rings. The summed E-state index contributed by atoms with van der Waals surface area (Å²) in [4.78, 5) is 10.2. The summed E-state index contributed by atoms with van der Waals surface area (Å²) in [5.41, 5.74) is 5.27. The van der Waals surface area contributed by atoms with E-state index in [9.17, 15) is 0 Å². The van der Waals surface area contributed by atoms with Crippen LogP contribution < -0.4 is 15.0 Å². The highest BCUT2D eigenvalue weighted by Gasteiger charge is 2.43. The van der Waals surface area contributed by atoms with E-state index in [2.05, 4.69) is 56.6 Å². The van der Waals surface area contributed by atoms with E-state index in [4.69, 9.17) is 33.3 Å². The molecular formula is C23H24ClIN4O2S. The summed E-state index contributed by atoms with van der Waals surface area (Å²) in [6.07, 6.45) is 1.81. The van der Waals surface area contributed by atoms with Crippen molar-refractivity contribution in [2.45, 2.75) is 25.9 Å². The van der Waals surface area contributed by atoms with Gasteiger partial charge in [0, 0.05) is 39.5 Å². The highest BCUT2D eigenvalue weighted by Crippen LogP contribution is 2.45. The molecule has 0 amide bonds. The molecule has 32 heavy (non-hydrogen) atoms. The van der Waals surface area contributed by atoms with Crippen LogP contribution in [-0.2, 0) is 4.74 Å². The van der Waals surface area contributed by atoms with Crippen molar-refractivity contribution in [2.24, 2.45) is 0 Å². The molecule has 1 aliphatic heterocycles. The lowest BCUT2D eigenvalue weighted by molar-refractivity contribution is 0.146. The molecule has 0 bridgehead atoms. The lowest BCUT2D eigenvalue weighted by Crippen LogP contribution is -2.29. The minimum absolute atomic E-state index is 0.0921. The first-order chi connectivity index (χ1) is 15.4. The third-order valence-electron chi connectivity index (χ3n) is 5.48. The first kappa shape index (κ1) is 23.3. The van der Waals surface area contributed by atoms with Gasteiger partial charge in [0.05, 0.1) is 29.4 Å². The maximum absolute atomic E-state index is 6.57. The number of thiocarbonyl (C=S) groups is 1. The van der Waals surface area contributed by atoms with Crippen molar-refractivity contribution in [3.05, 3.63) is 73.8 Å². The predicted molar refractivity (Wildman–Crippen MR) is 140 cm³/mol. The molecule has 1 saturated heterocycles. The Morgan fingerprint density at radius 2 is 2.00 bits per heavy atom.